The van der Waals surface area contributed by atoms with Crippen molar-refractivity contribution >= 4 is 23.6 Å². The fraction of sp³-hybridized carbons (Fsp3) is 0.231. The summed E-state index contributed by atoms with van der Waals surface area (Å²) in [5.41, 5.74) is 0.0715. The summed E-state index contributed by atoms with van der Waals surface area (Å²) < 4.78 is 5.21. The molecule has 0 spiro atoms. The van der Waals surface area contributed by atoms with Gasteiger partial charge in [-0.05, 0) is 17.7 Å². The van der Waals surface area contributed by atoms with Gasteiger partial charge in [-0.1, -0.05) is 6.07 Å². The van der Waals surface area contributed by atoms with Gasteiger partial charge in [-0.25, -0.2) is 4.79 Å². The zero-order valence-electron chi connectivity index (χ0n) is 11.2. The number of nitro benzene ring substituents is 1. The van der Waals surface area contributed by atoms with E-state index in [9.17, 15) is 19.7 Å². The molecule has 1 amide bonds. The SMILES string of the molecule is CNC(=O)CCOc1ccc(C=CC(=O)O)cc1[N+](=O)[O-]. The second-order valence-corrected chi connectivity index (χ2v) is 3.93. The number of carbonyl (C=O) groups excluding carboxylic acids is 1. The lowest BCUT2D eigenvalue weighted by Crippen LogP contribution is -2.20. The molecule has 0 heterocycles. The number of nitrogens with zero attached hydrogens (tertiary/aromatic N) is 1. The van der Waals surface area contributed by atoms with Crippen LogP contribution < -0.4 is 10.1 Å². The van der Waals surface area contributed by atoms with Crippen molar-refractivity contribution in [3.05, 3.63) is 40.0 Å². The summed E-state index contributed by atoms with van der Waals surface area (Å²) >= 11 is 0. The van der Waals surface area contributed by atoms with Crippen LogP contribution in [-0.2, 0) is 9.59 Å². The quantitative estimate of drug-likeness (QED) is 0.443. The second-order valence-electron chi connectivity index (χ2n) is 3.93. The molecule has 0 unspecified atom stereocenters. The van der Waals surface area contributed by atoms with Crippen molar-refractivity contribution in [2.75, 3.05) is 13.7 Å². The highest BCUT2D eigenvalue weighted by molar-refractivity contribution is 5.85. The number of carbonyl (C=O) groups is 2. The summed E-state index contributed by atoms with van der Waals surface area (Å²) in [6.07, 6.45) is 2.20. The lowest BCUT2D eigenvalue weighted by atomic mass is 10.1. The van der Waals surface area contributed by atoms with E-state index in [1.54, 1.807) is 0 Å². The fourth-order valence-electron chi connectivity index (χ4n) is 1.45. The van der Waals surface area contributed by atoms with Gasteiger partial charge in [0.2, 0.25) is 5.91 Å². The molecule has 0 aliphatic carbocycles. The summed E-state index contributed by atoms with van der Waals surface area (Å²) in [6.45, 7) is 0.00479. The average molecular weight is 294 g/mol. The smallest absolute Gasteiger partial charge is 0.328 e. The van der Waals surface area contributed by atoms with Crippen LogP contribution in [0.3, 0.4) is 0 Å². The molecule has 112 valence electrons. The Morgan fingerprint density at radius 3 is 2.76 bits per heavy atom. The van der Waals surface area contributed by atoms with Gasteiger partial charge < -0.3 is 15.2 Å². The van der Waals surface area contributed by atoms with Gasteiger partial charge in [-0.15, -0.1) is 0 Å². The van der Waals surface area contributed by atoms with E-state index in [0.29, 0.717) is 5.56 Å². The Labute approximate surface area is 120 Å². The topological polar surface area (TPSA) is 119 Å². The van der Waals surface area contributed by atoms with Crippen LogP contribution in [0.5, 0.6) is 5.75 Å². The molecule has 1 aromatic carbocycles. The highest BCUT2D eigenvalue weighted by atomic mass is 16.6. The van der Waals surface area contributed by atoms with Crippen LogP contribution >= 0.6 is 0 Å². The van der Waals surface area contributed by atoms with Gasteiger partial charge in [0.25, 0.3) is 0 Å². The Morgan fingerprint density at radius 1 is 1.48 bits per heavy atom. The molecule has 1 rings (SSSR count). The third-order valence-electron chi connectivity index (χ3n) is 2.46. The number of amides is 1. The van der Waals surface area contributed by atoms with Gasteiger partial charge in [0.1, 0.15) is 0 Å². The Kier molecular flexibility index (Phi) is 5.87. The molecular weight excluding hydrogens is 280 g/mol. The molecule has 0 aromatic heterocycles. The highest BCUT2D eigenvalue weighted by Gasteiger charge is 2.15. The minimum atomic E-state index is -1.15. The third kappa shape index (κ3) is 5.31. The van der Waals surface area contributed by atoms with E-state index >= 15 is 0 Å². The predicted octanol–water partition coefficient (Wildman–Crippen LogP) is 1.21. The van der Waals surface area contributed by atoms with Crippen molar-refractivity contribution in [2.45, 2.75) is 6.42 Å². The maximum absolute atomic E-state index is 11.0. The summed E-state index contributed by atoms with van der Waals surface area (Å²) in [5, 5.41) is 21.9. The van der Waals surface area contributed by atoms with Gasteiger partial charge in [-0.3, -0.25) is 14.9 Å². The zero-order valence-corrected chi connectivity index (χ0v) is 11.2. The highest BCUT2D eigenvalue weighted by Crippen LogP contribution is 2.28. The number of benzene rings is 1. The van der Waals surface area contributed by atoms with Gasteiger partial charge in [0.15, 0.2) is 5.75 Å². The van der Waals surface area contributed by atoms with E-state index < -0.39 is 10.9 Å². The average Bonchev–Trinajstić information content (AvgIpc) is 2.45. The molecule has 0 bridgehead atoms. The Morgan fingerprint density at radius 2 is 2.19 bits per heavy atom. The number of nitro groups is 1. The van der Waals surface area contributed by atoms with E-state index in [0.717, 1.165) is 6.08 Å². The monoisotopic (exact) mass is 294 g/mol. The van der Waals surface area contributed by atoms with Crippen LogP contribution in [0.4, 0.5) is 5.69 Å². The van der Waals surface area contributed by atoms with Crippen LogP contribution in [-0.4, -0.2) is 35.6 Å². The zero-order chi connectivity index (χ0) is 15.8. The lowest BCUT2D eigenvalue weighted by Gasteiger charge is -2.06. The summed E-state index contributed by atoms with van der Waals surface area (Å²) in [7, 11) is 1.48. The molecule has 0 fully saturated rings. The summed E-state index contributed by atoms with van der Waals surface area (Å²) in [4.78, 5) is 31.8. The number of hydrogen-bond donors (Lipinski definition) is 2. The minimum absolute atomic E-state index is 0.00479. The van der Waals surface area contributed by atoms with Gasteiger partial charge in [0.05, 0.1) is 18.0 Å². The number of rotatable bonds is 7. The molecule has 2 N–H and O–H groups in total. The van der Waals surface area contributed by atoms with Crippen LogP contribution in [0.2, 0.25) is 0 Å². The van der Waals surface area contributed by atoms with E-state index in [4.69, 9.17) is 9.84 Å². The summed E-state index contributed by atoms with van der Waals surface area (Å²) in [5.74, 6) is -1.36. The van der Waals surface area contributed by atoms with Crippen molar-refractivity contribution in [1.29, 1.82) is 0 Å². The first-order valence-corrected chi connectivity index (χ1v) is 5.97. The largest absolute Gasteiger partial charge is 0.486 e. The van der Waals surface area contributed by atoms with Crippen molar-refractivity contribution < 1.29 is 24.4 Å². The fourth-order valence-corrected chi connectivity index (χ4v) is 1.45. The Hall–Kier alpha value is -2.90. The van der Waals surface area contributed by atoms with Crippen molar-refractivity contribution in [3.63, 3.8) is 0 Å². The number of ether oxygens (including phenoxy) is 1. The number of hydrogen-bond acceptors (Lipinski definition) is 5. The molecular formula is C13H14N2O6. The minimum Gasteiger partial charge on any atom is -0.486 e. The van der Waals surface area contributed by atoms with Crippen molar-refractivity contribution in [1.82, 2.24) is 5.32 Å². The molecule has 0 aliphatic rings. The van der Waals surface area contributed by atoms with E-state index in [2.05, 4.69) is 5.32 Å². The molecule has 1 aromatic rings. The molecule has 0 saturated heterocycles. The second kappa shape index (κ2) is 7.63. The number of nitrogens with one attached hydrogen (secondary N) is 1. The van der Waals surface area contributed by atoms with Crippen LogP contribution in [0.15, 0.2) is 24.3 Å². The predicted molar refractivity (Wildman–Crippen MR) is 73.9 cm³/mol. The molecule has 0 saturated carbocycles. The Balaban J connectivity index is 2.87. The molecule has 0 radical (unpaired) electrons. The first-order chi connectivity index (χ1) is 9.93. The number of carboxylic acid groups (broad SMARTS) is 1. The normalized spacial score (nSPS) is 10.3. The van der Waals surface area contributed by atoms with Crippen LogP contribution in [0.25, 0.3) is 6.08 Å². The molecule has 0 atom stereocenters. The first-order valence-electron chi connectivity index (χ1n) is 5.97. The Bertz CT molecular complexity index is 582. The van der Waals surface area contributed by atoms with Crippen LogP contribution in [0, 0.1) is 10.1 Å². The molecule has 21 heavy (non-hydrogen) atoms. The number of aliphatic carboxylic acids is 1. The van der Waals surface area contributed by atoms with E-state index in [1.807, 2.05) is 0 Å². The van der Waals surface area contributed by atoms with Gasteiger partial charge in [-0.2, -0.15) is 0 Å². The van der Waals surface area contributed by atoms with Crippen LogP contribution in [0.1, 0.15) is 12.0 Å². The molecule has 0 aliphatic heterocycles. The first kappa shape index (κ1) is 16.2. The maximum atomic E-state index is 11.0. The standard InChI is InChI=1S/C13H14N2O6/c1-14-12(16)6-7-21-11-4-2-9(3-5-13(17)18)8-10(11)15(19)20/h2-5,8H,6-7H2,1H3,(H,14,16)(H,17,18). The summed E-state index contributed by atoms with van der Waals surface area (Å²) in [6, 6.07) is 4.06. The van der Waals surface area contributed by atoms with Crippen molar-refractivity contribution in [2.24, 2.45) is 0 Å². The van der Waals surface area contributed by atoms with Crippen molar-refractivity contribution in [3.8, 4) is 5.75 Å². The van der Waals surface area contributed by atoms with E-state index in [-0.39, 0.29) is 30.4 Å². The third-order valence-corrected chi connectivity index (χ3v) is 2.46. The van der Waals surface area contributed by atoms with E-state index in [1.165, 1.54) is 31.3 Å². The van der Waals surface area contributed by atoms with Gasteiger partial charge >= 0.3 is 11.7 Å². The number of carboxylic acids is 1. The molecule has 8 heteroatoms. The molecule has 8 nitrogen and oxygen atoms in total. The van der Waals surface area contributed by atoms with Gasteiger partial charge in [0, 0.05) is 19.2 Å². The lowest BCUT2D eigenvalue weighted by molar-refractivity contribution is -0.385. The maximum Gasteiger partial charge on any atom is 0.328 e.